The average molecular weight is 205 g/mol. The van der Waals surface area contributed by atoms with Gasteiger partial charge in [-0.2, -0.15) is 5.10 Å². The monoisotopic (exact) mass is 205 g/mol. The van der Waals surface area contributed by atoms with E-state index < -0.39 is 5.97 Å². The second-order valence-corrected chi connectivity index (χ2v) is 3.04. The fourth-order valence-electron chi connectivity index (χ4n) is 1.43. The van der Waals surface area contributed by atoms with Crippen molar-refractivity contribution < 1.29 is 9.53 Å². The van der Waals surface area contributed by atoms with Gasteiger partial charge in [-0.05, 0) is 19.1 Å². The topological polar surface area (TPSA) is 69.6 Å². The van der Waals surface area contributed by atoms with Crippen LogP contribution in [0.5, 0.6) is 0 Å². The second-order valence-electron chi connectivity index (χ2n) is 3.04. The first-order chi connectivity index (χ1) is 7.24. The first kappa shape index (κ1) is 9.51. The summed E-state index contributed by atoms with van der Waals surface area (Å²) in [6.45, 7) is 2.09. The molecule has 0 aliphatic heterocycles. The minimum Gasteiger partial charge on any atom is -0.462 e. The number of nitrogen functional groups attached to an aromatic ring is 1. The number of rotatable bonds is 2. The summed E-state index contributed by atoms with van der Waals surface area (Å²) in [7, 11) is 0. The molecule has 2 aromatic rings. The number of aromatic nitrogens is 2. The first-order valence-electron chi connectivity index (χ1n) is 4.63. The van der Waals surface area contributed by atoms with Crippen LogP contribution in [0.2, 0.25) is 0 Å². The molecule has 0 saturated heterocycles. The van der Waals surface area contributed by atoms with Crippen LogP contribution < -0.4 is 5.73 Å². The molecule has 2 aromatic heterocycles. The number of hydrogen-bond donors (Lipinski definition) is 1. The molecule has 2 rings (SSSR count). The molecule has 0 radical (unpaired) electrons. The fourth-order valence-corrected chi connectivity index (χ4v) is 1.43. The second kappa shape index (κ2) is 3.61. The summed E-state index contributed by atoms with van der Waals surface area (Å²) in [4.78, 5) is 11.5. The number of ether oxygens (including phenoxy) is 1. The van der Waals surface area contributed by atoms with E-state index in [4.69, 9.17) is 10.5 Å². The van der Waals surface area contributed by atoms with Crippen molar-refractivity contribution in [3.8, 4) is 0 Å². The standard InChI is InChI=1S/C10H11N3O2/c1-2-15-10(14)7-6-12-13-5-3-4-8(11)9(7)13/h3-6H,2,11H2,1H3. The van der Waals surface area contributed by atoms with Crippen molar-refractivity contribution in [1.29, 1.82) is 0 Å². The lowest BCUT2D eigenvalue weighted by atomic mass is 10.2. The maximum atomic E-state index is 11.5. The van der Waals surface area contributed by atoms with Gasteiger partial charge in [0.15, 0.2) is 0 Å². The third-order valence-electron chi connectivity index (χ3n) is 2.07. The summed E-state index contributed by atoms with van der Waals surface area (Å²) < 4.78 is 6.46. The molecule has 2 heterocycles. The molecule has 2 N–H and O–H groups in total. The quantitative estimate of drug-likeness (QED) is 0.745. The molecule has 0 aromatic carbocycles. The molecular formula is C10H11N3O2. The summed E-state index contributed by atoms with van der Waals surface area (Å²) in [5.41, 5.74) is 7.27. The Morgan fingerprint density at radius 1 is 1.67 bits per heavy atom. The van der Waals surface area contributed by atoms with Crippen molar-refractivity contribution in [2.24, 2.45) is 0 Å². The van der Waals surface area contributed by atoms with Crippen molar-refractivity contribution >= 4 is 17.2 Å². The maximum Gasteiger partial charge on any atom is 0.342 e. The van der Waals surface area contributed by atoms with Crippen LogP contribution in [0.4, 0.5) is 5.69 Å². The van der Waals surface area contributed by atoms with Crippen LogP contribution in [-0.4, -0.2) is 22.2 Å². The van der Waals surface area contributed by atoms with Gasteiger partial charge in [0.25, 0.3) is 0 Å². The molecule has 0 aliphatic carbocycles. The van der Waals surface area contributed by atoms with E-state index in [0.717, 1.165) is 0 Å². The molecule has 0 fully saturated rings. The maximum absolute atomic E-state index is 11.5. The van der Waals surface area contributed by atoms with Crippen LogP contribution in [0.1, 0.15) is 17.3 Å². The molecule has 5 heteroatoms. The number of pyridine rings is 1. The van der Waals surface area contributed by atoms with Crippen molar-refractivity contribution in [3.63, 3.8) is 0 Å². The van der Waals surface area contributed by atoms with Crippen LogP contribution >= 0.6 is 0 Å². The van der Waals surface area contributed by atoms with Crippen LogP contribution in [0.3, 0.4) is 0 Å². The Bertz CT molecular complexity index is 504. The van der Waals surface area contributed by atoms with Gasteiger partial charge in [0.1, 0.15) is 11.1 Å². The zero-order valence-corrected chi connectivity index (χ0v) is 8.30. The van der Waals surface area contributed by atoms with Crippen LogP contribution in [0.15, 0.2) is 24.5 Å². The Morgan fingerprint density at radius 3 is 3.20 bits per heavy atom. The summed E-state index contributed by atoms with van der Waals surface area (Å²) in [6, 6.07) is 3.49. The molecule has 0 spiro atoms. The highest BCUT2D eigenvalue weighted by atomic mass is 16.5. The molecule has 0 aliphatic rings. The highest BCUT2D eigenvalue weighted by molar-refractivity contribution is 6.00. The van der Waals surface area contributed by atoms with Gasteiger partial charge in [0.2, 0.25) is 0 Å². The van der Waals surface area contributed by atoms with E-state index >= 15 is 0 Å². The van der Waals surface area contributed by atoms with Crippen molar-refractivity contribution in [3.05, 3.63) is 30.1 Å². The van der Waals surface area contributed by atoms with Gasteiger partial charge < -0.3 is 10.5 Å². The zero-order valence-electron chi connectivity index (χ0n) is 8.30. The van der Waals surface area contributed by atoms with E-state index in [0.29, 0.717) is 23.4 Å². The Balaban J connectivity index is 2.57. The van der Waals surface area contributed by atoms with E-state index in [1.165, 1.54) is 6.20 Å². The molecule has 5 nitrogen and oxygen atoms in total. The van der Waals surface area contributed by atoms with Gasteiger partial charge in [-0.3, -0.25) is 0 Å². The average Bonchev–Trinajstić information content (AvgIpc) is 2.63. The zero-order chi connectivity index (χ0) is 10.8. The van der Waals surface area contributed by atoms with Gasteiger partial charge in [0.05, 0.1) is 18.5 Å². The number of carbonyl (C=O) groups is 1. The van der Waals surface area contributed by atoms with E-state index in [1.807, 2.05) is 0 Å². The molecule has 0 unspecified atom stereocenters. The van der Waals surface area contributed by atoms with Gasteiger partial charge >= 0.3 is 5.97 Å². The van der Waals surface area contributed by atoms with E-state index in [2.05, 4.69) is 5.10 Å². The Kier molecular flexibility index (Phi) is 2.29. The smallest absolute Gasteiger partial charge is 0.342 e. The predicted octanol–water partition coefficient (Wildman–Crippen LogP) is 1.09. The fraction of sp³-hybridized carbons (Fsp3) is 0.200. The Morgan fingerprint density at radius 2 is 2.47 bits per heavy atom. The van der Waals surface area contributed by atoms with Gasteiger partial charge in [-0.15, -0.1) is 0 Å². The number of fused-ring (bicyclic) bond motifs is 1. The molecule has 15 heavy (non-hydrogen) atoms. The number of anilines is 1. The number of esters is 1. The SMILES string of the molecule is CCOC(=O)c1cnn2cccc(N)c12. The third-order valence-corrected chi connectivity index (χ3v) is 2.07. The van der Waals surface area contributed by atoms with Crippen LogP contribution in [-0.2, 0) is 4.74 Å². The van der Waals surface area contributed by atoms with Crippen LogP contribution in [0, 0.1) is 0 Å². The highest BCUT2D eigenvalue weighted by Gasteiger charge is 2.15. The van der Waals surface area contributed by atoms with E-state index in [1.54, 1.807) is 29.8 Å². The summed E-state index contributed by atoms with van der Waals surface area (Å²) in [5, 5.41) is 4.02. The molecule has 0 atom stereocenters. The number of hydrogen-bond acceptors (Lipinski definition) is 4. The summed E-state index contributed by atoms with van der Waals surface area (Å²) in [6.07, 6.45) is 3.19. The number of carbonyl (C=O) groups excluding carboxylic acids is 1. The van der Waals surface area contributed by atoms with E-state index in [-0.39, 0.29) is 0 Å². The largest absolute Gasteiger partial charge is 0.462 e. The van der Waals surface area contributed by atoms with Crippen LogP contribution in [0.25, 0.3) is 5.52 Å². The third kappa shape index (κ3) is 1.52. The lowest BCUT2D eigenvalue weighted by Crippen LogP contribution is -2.05. The summed E-state index contributed by atoms with van der Waals surface area (Å²) >= 11 is 0. The lowest BCUT2D eigenvalue weighted by Gasteiger charge is -2.01. The number of nitrogens with two attached hydrogens (primary N) is 1. The molecule has 78 valence electrons. The Labute approximate surface area is 86.4 Å². The molecular weight excluding hydrogens is 194 g/mol. The predicted molar refractivity (Wildman–Crippen MR) is 55.6 cm³/mol. The van der Waals surface area contributed by atoms with Gasteiger partial charge in [0, 0.05) is 6.20 Å². The minimum absolute atomic E-state index is 0.336. The highest BCUT2D eigenvalue weighted by Crippen LogP contribution is 2.18. The molecule has 0 saturated carbocycles. The number of nitrogens with zero attached hydrogens (tertiary/aromatic N) is 2. The van der Waals surface area contributed by atoms with Crippen molar-refractivity contribution in [2.45, 2.75) is 6.92 Å². The Hall–Kier alpha value is -2.04. The van der Waals surface area contributed by atoms with E-state index in [9.17, 15) is 4.79 Å². The lowest BCUT2D eigenvalue weighted by molar-refractivity contribution is 0.0528. The molecule has 0 bridgehead atoms. The van der Waals surface area contributed by atoms with Gasteiger partial charge in [-0.1, -0.05) is 0 Å². The molecule has 0 amide bonds. The summed E-state index contributed by atoms with van der Waals surface area (Å²) in [5.74, 6) is -0.398. The van der Waals surface area contributed by atoms with Crippen molar-refractivity contribution in [2.75, 3.05) is 12.3 Å². The normalized spacial score (nSPS) is 10.5. The minimum atomic E-state index is -0.398. The van der Waals surface area contributed by atoms with Crippen molar-refractivity contribution in [1.82, 2.24) is 9.61 Å². The van der Waals surface area contributed by atoms with Gasteiger partial charge in [-0.25, -0.2) is 9.31 Å². The first-order valence-corrected chi connectivity index (χ1v) is 4.63.